The van der Waals surface area contributed by atoms with Gasteiger partial charge >= 0.3 is 26.5 Å². The van der Waals surface area contributed by atoms with Gasteiger partial charge in [0.1, 0.15) is 17.1 Å². The molecule has 5 aromatic carbocycles. The minimum absolute atomic E-state index is 0.0338. The molecule has 0 atom stereocenters. The number of benzene rings is 6. The Bertz CT molecular complexity index is 3450. The number of nitrogens with one attached hydrogen (secondary N) is 1. The van der Waals surface area contributed by atoms with Crippen LogP contribution in [-0.2, 0) is 30.2 Å². The van der Waals surface area contributed by atoms with Crippen LogP contribution in [0.3, 0.4) is 0 Å². The van der Waals surface area contributed by atoms with Crippen molar-refractivity contribution in [2.75, 3.05) is 5.32 Å². The summed E-state index contributed by atoms with van der Waals surface area (Å²) >= 11 is 0. The van der Waals surface area contributed by atoms with Crippen molar-refractivity contribution in [2.24, 2.45) is 4.99 Å². The third-order valence-corrected chi connectivity index (χ3v) is 15.7. The number of anilines is 2. The standard InChI is InChI=1S/C46H36F6N3O9S3/c1-6-31-17-21-34(22-18-31)64-67(61,62)46(51,52)44(47,48)45(49,50)66(59,60)55(56)65(57,58)40-16-8-7-15-37(40)41-35-23-19-32(53-42-27(2)11-9-12-28(42)3)25-38(35)63-39-26-33(20-24-36(39)41)54-43-29(4)13-10-14-30(43)5/h6-26,53H,1H2,2-5H3/q-1. The van der Waals surface area contributed by atoms with Gasteiger partial charge in [-0.25, -0.2) is 21.8 Å². The van der Waals surface area contributed by atoms with Crippen LogP contribution in [0.25, 0.3) is 39.5 Å². The van der Waals surface area contributed by atoms with Gasteiger partial charge in [-0.3, -0.25) is 0 Å². The predicted octanol–water partition coefficient (Wildman–Crippen LogP) is 11.1. The van der Waals surface area contributed by atoms with E-state index in [0.717, 1.165) is 52.2 Å². The molecule has 21 heteroatoms. The normalized spacial score (nSPS) is 13.3. The van der Waals surface area contributed by atoms with E-state index in [9.17, 15) is 30.5 Å². The highest BCUT2D eigenvalue weighted by Gasteiger charge is 2.83. The summed E-state index contributed by atoms with van der Waals surface area (Å²) in [5, 5.41) is 2.62. The summed E-state index contributed by atoms with van der Waals surface area (Å²) in [6.45, 7) is 10.8. The second-order valence-corrected chi connectivity index (χ2v) is 20.5. The fourth-order valence-electron chi connectivity index (χ4n) is 7.11. The van der Waals surface area contributed by atoms with E-state index in [1.54, 1.807) is 6.07 Å². The minimum atomic E-state index is -8.04. The maximum absolute atomic E-state index is 15.6. The number of sulfonamides is 2. The molecule has 350 valence electrons. The molecule has 0 radical (unpaired) electrons. The van der Waals surface area contributed by atoms with Gasteiger partial charge < -0.3 is 19.1 Å². The Labute approximate surface area is 380 Å². The Morgan fingerprint density at radius 2 is 1.30 bits per heavy atom. The summed E-state index contributed by atoms with van der Waals surface area (Å²) in [7, 11) is -21.8. The second kappa shape index (κ2) is 17.3. The Morgan fingerprint density at radius 3 is 1.91 bits per heavy atom. The first-order chi connectivity index (χ1) is 31.3. The molecule has 67 heavy (non-hydrogen) atoms. The Kier molecular flexibility index (Phi) is 12.5. The highest BCUT2D eigenvalue weighted by atomic mass is 32.3. The SMILES string of the molecule is C=Cc1ccc(OS(=O)(=O)C(F)(F)C(F)(F)C(F)(F)S(=O)(=O)N([O-])S(=O)(=O)c2ccccc2-c2c3ccc(=Nc4c(C)cccc4C)cc-3oc3cc(Nc4c(C)cccc4C)ccc23)cc1. The number of para-hydroxylation sites is 2. The molecule has 0 unspecified atom stereocenters. The number of alkyl halides is 6. The highest BCUT2D eigenvalue weighted by Crippen LogP contribution is 2.53. The molecule has 1 aliphatic heterocycles. The fraction of sp³-hybridized carbons (Fsp3) is 0.152. The lowest BCUT2D eigenvalue weighted by Gasteiger charge is -2.36. The van der Waals surface area contributed by atoms with Gasteiger partial charge in [-0.15, -0.1) is 0 Å². The van der Waals surface area contributed by atoms with E-state index in [0.29, 0.717) is 34.9 Å². The molecule has 0 bridgehead atoms. The molecule has 1 aliphatic carbocycles. The molecule has 0 fully saturated rings. The highest BCUT2D eigenvalue weighted by molar-refractivity contribution is 8.04. The predicted molar refractivity (Wildman–Crippen MR) is 241 cm³/mol. The number of hydrogen-bond acceptors (Lipinski definition) is 11. The largest absolute Gasteiger partial charge is 0.758 e. The van der Waals surface area contributed by atoms with Crippen molar-refractivity contribution in [3.8, 4) is 28.2 Å². The number of aryl methyl sites for hydroxylation is 4. The molecule has 12 nitrogen and oxygen atoms in total. The molecule has 1 heterocycles. The lowest BCUT2D eigenvalue weighted by atomic mass is 9.93. The summed E-state index contributed by atoms with van der Waals surface area (Å²) in [5.74, 6) is -8.61. The summed E-state index contributed by atoms with van der Waals surface area (Å²) < 4.78 is 179. The van der Waals surface area contributed by atoms with Crippen LogP contribution in [-0.4, -0.2) is 45.6 Å². The van der Waals surface area contributed by atoms with Crippen LogP contribution >= 0.6 is 0 Å². The van der Waals surface area contributed by atoms with Crippen molar-refractivity contribution in [3.63, 3.8) is 0 Å². The third-order valence-electron chi connectivity index (χ3n) is 10.7. The van der Waals surface area contributed by atoms with Gasteiger partial charge in [-0.1, -0.05) is 79.4 Å². The van der Waals surface area contributed by atoms with Crippen LogP contribution in [0.5, 0.6) is 5.75 Å². The molecule has 2 aliphatic rings. The molecule has 0 amide bonds. The zero-order valence-corrected chi connectivity index (χ0v) is 37.8. The van der Waals surface area contributed by atoms with Crippen molar-refractivity contribution in [1.29, 1.82) is 0 Å². The van der Waals surface area contributed by atoms with Crippen LogP contribution in [0.1, 0.15) is 27.8 Å². The molecule has 0 spiro atoms. The molecular weight excluding hydrogens is 949 g/mol. The average Bonchev–Trinajstić information content (AvgIpc) is 3.27. The van der Waals surface area contributed by atoms with Crippen LogP contribution in [0.2, 0.25) is 0 Å². The number of nitrogens with zero attached hydrogens (tertiary/aromatic N) is 2. The summed E-state index contributed by atoms with van der Waals surface area (Å²) in [6.07, 6.45) is 1.20. The Balaban J connectivity index is 1.37. The molecule has 7 rings (SSSR count). The second-order valence-electron chi connectivity index (χ2n) is 15.2. The Morgan fingerprint density at radius 1 is 0.701 bits per heavy atom. The summed E-state index contributed by atoms with van der Waals surface area (Å²) in [4.78, 5) is 3.39. The number of halogens is 6. The van der Waals surface area contributed by atoms with E-state index in [1.807, 2.05) is 64.1 Å². The van der Waals surface area contributed by atoms with Crippen molar-refractivity contribution in [1.82, 2.24) is 3.87 Å². The van der Waals surface area contributed by atoms with E-state index in [-0.39, 0.29) is 33.4 Å². The van der Waals surface area contributed by atoms with Crippen molar-refractivity contribution >= 4 is 64.3 Å². The molecule has 5 aromatic rings. The lowest BCUT2D eigenvalue weighted by Crippen LogP contribution is -2.63. The zero-order chi connectivity index (χ0) is 49.1. The van der Waals surface area contributed by atoms with E-state index < -0.39 is 66.7 Å². The first-order valence-electron chi connectivity index (χ1n) is 19.6. The molecule has 0 aromatic heterocycles. The number of rotatable bonds is 14. The van der Waals surface area contributed by atoms with Gasteiger partial charge in [0.05, 0.1) is 15.9 Å². The van der Waals surface area contributed by atoms with Gasteiger partial charge in [0.2, 0.25) is 10.0 Å². The van der Waals surface area contributed by atoms with E-state index >= 15 is 26.3 Å². The van der Waals surface area contributed by atoms with E-state index in [1.165, 1.54) is 42.5 Å². The van der Waals surface area contributed by atoms with Crippen LogP contribution in [0, 0.1) is 32.9 Å². The van der Waals surface area contributed by atoms with Crippen LogP contribution in [0.15, 0.2) is 142 Å². The average molecular weight is 985 g/mol. The molecule has 1 N–H and O–H groups in total. The fourth-order valence-corrected chi connectivity index (χ4v) is 11.1. The van der Waals surface area contributed by atoms with Gasteiger partial charge in [0, 0.05) is 45.6 Å². The van der Waals surface area contributed by atoms with Gasteiger partial charge in [0.15, 0.2) is 0 Å². The van der Waals surface area contributed by atoms with E-state index in [2.05, 4.69) is 16.1 Å². The molecule has 0 saturated heterocycles. The van der Waals surface area contributed by atoms with Gasteiger partial charge in [0.25, 0.3) is 10.0 Å². The minimum Gasteiger partial charge on any atom is -0.758 e. The van der Waals surface area contributed by atoms with Crippen molar-refractivity contribution in [3.05, 3.63) is 166 Å². The van der Waals surface area contributed by atoms with Crippen molar-refractivity contribution < 1.29 is 60.2 Å². The number of fused-ring (bicyclic) bond motifs is 2. The molecular formula is C46H36F6N3O9S3-. The Hall–Kier alpha value is -6.52. The summed E-state index contributed by atoms with van der Waals surface area (Å²) in [6, 6.07) is 27.3. The van der Waals surface area contributed by atoms with Crippen molar-refractivity contribution in [2.45, 2.75) is 49.0 Å². The van der Waals surface area contributed by atoms with Gasteiger partial charge in [-0.2, -0.15) is 38.6 Å². The first-order valence-corrected chi connectivity index (χ1v) is 23.9. The quantitative estimate of drug-likeness (QED) is 0.0478. The third kappa shape index (κ3) is 8.34. The monoisotopic (exact) mass is 984 g/mol. The van der Waals surface area contributed by atoms with Gasteiger partial charge in [-0.05, 0) is 98.0 Å². The number of hydrogen-bond donors (Lipinski definition) is 1. The van der Waals surface area contributed by atoms with E-state index in [4.69, 9.17) is 9.41 Å². The lowest BCUT2D eigenvalue weighted by molar-refractivity contribution is -0.246. The zero-order valence-electron chi connectivity index (χ0n) is 35.4. The smallest absolute Gasteiger partial charge is 0.450 e. The maximum Gasteiger partial charge on any atom is 0.450 e. The first kappa shape index (κ1) is 48.4. The molecule has 0 saturated carbocycles. The van der Waals surface area contributed by atoms with Crippen LogP contribution < -0.4 is 14.9 Å². The summed E-state index contributed by atoms with van der Waals surface area (Å²) in [5.41, 5.74) is 4.97. The maximum atomic E-state index is 15.6. The topological polar surface area (TPSA) is 175 Å². The van der Waals surface area contributed by atoms with Crippen LogP contribution in [0.4, 0.5) is 43.4 Å².